The van der Waals surface area contributed by atoms with Crippen molar-refractivity contribution >= 4 is 11.8 Å². The third-order valence-electron chi connectivity index (χ3n) is 10.0. The van der Waals surface area contributed by atoms with Gasteiger partial charge in [0.1, 0.15) is 0 Å². The van der Waals surface area contributed by atoms with E-state index < -0.39 is 17.9 Å². The van der Waals surface area contributed by atoms with E-state index in [1.807, 2.05) is 30.3 Å². The van der Waals surface area contributed by atoms with Gasteiger partial charge in [-0.25, -0.2) is 0 Å². The van der Waals surface area contributed by atoms with Crippen molar-refractivity contribution in [1.29, 1.82) is 0 Å². The molecule has 7 rings (SSSR count). The minimum absolute atomic E-state index is 0.00887. The Kier molecular flexibility index (Phi) is 14.0. The Morgan fingerprint density at radius 2 is 1.28 bits per heavy atom. The van der Waals surface area contributed by atoms with E-state index >= 15 is 0 Å². The van der Waals surface area contributed by atoms with Gasteiger partial charge in [0, 0.05) is 31.5 Å². The predicted octanol–water partition coefficient (Wildman–Crippen LogP) is 6.90. The first-order valence-electron chi connectivity index (χ1n) is 18.1. The van der Waals surface area contributed by atoms with Crippen LogP contribution >= 0.6 is 0 Å². The first-order chi connectivity index (χ1) is 24.3. The Bertz CT molecular complexity index is 1580. The van der Waals surface area contributed by atoms with Crippen molar-refractivity contribution in [1.82, 2.24) is 10.2 Å². The number of primary amides is 1. The molecule has 0 spiro atoms. The quantitative estimate of drug-likeness (QED) is 0.143. The maximum atomic E-state index is 12.3. The summed E-state index contributed by atoms with van der Waals surface area (Å²) in [6, 6.07) is 39.5. The van der Waals surface area contributed by atoms with E-state index in [0.29, 0.717) is 18.3 Å². The van der Waals surface area contributed by atoms with Crippen molar-refractivity contribution in [2.24, 2.45) is 29.4 Å². The van der Waals surface area contributed by atoms with Crippen LogP contribution in [0.3, 0.4) is 0 Å². The second-order valence-corrected chi connectivity index (χ2v) is 14.1. The van der Waals surface area contributed by atoms with E-state index in [4.69, 9.17) is 5.73 Å². The summed E-state index contributed by atoms with van der Waals surface area (Å²) in [5.41, 5.74) is 12.4. The topological polar surface area (TPSA) is 95.7 Å². The average molecular weight is 672 g/mol. The molecule has 4 N–H and O–H groups in total. The van der Waals surface area contributed by atoms with Crippen molar-refractivity contribution in [2.75, 3.05) is 13.6 Å². The van der Waals surface area contributed by atoms with Gasteiger partial charge in [-0.3, -0.25) is 14.5 Å². The van der Waals surface area contributed by atoms with Crippen LogP contribution in [0.1, 0.15) is 53.5 Å². The van der Waals surface area contributed by atoms with Crippen LogP contribution in [0, 0.1) is 23.7 Å². The Balaban J connectivity index is 0.000000164. The molecule has 4 aromatic carbocycles. The number of nitrogens with zero attached hydrogens (tertiary/aromatic N) is 1. The minimum atomic E-state index is -0.778. The lowest BCUT2D eigenvalue weighted by molar-refractivity contribution is -0.126. The molecule has 2 amide bonds. The number of hydrogen-bond acceptors (Lipinski definition) is 4. The van der Waals surface area contributed by atoms with Crippen molar-refractivity contribution in [3.8, 4) is 0 Å². The minimum Gasteiger partial charge on any atom is -0.391 e. The molecule has 0 aromatic heterocycles. The molecule has 2 bridgehead atoms. The molecule has 4 aromatic rings. The number of nitrogens with two attached hydrogens (primary N) is 1. The van der Waals surface area contributed by atoms with Gasteiger partial charge >= 0.3 is 0 Å². The normalized spacial score (nSPS) is 19.4. The van der Waals surface area contributed by atoms with E-state index in [-0.39, 0.29) is 24.8 Å². The molecule has 1 unspecified atom stereocenters. The van der Waals surface area contributed by atoms with Gasteiger partial charge in [-0.2, -0.15) is 0 Å². The fourth-order valence-corrected chi connectivity index (χ4v) is 7.40. The van der Waals surface area contributed by atoms with E-state index in [0.717, 1.165) is 31.5 Å². The Morgan fingerprint density at radius 3 is 1.76 bits per heavy atom. The number of rotatable bonds is 12. The van der Waals surface area contributed by atoms with Gasteiger partial charge in [0.05, 0.1) is 6.10 Å². The molecule has 0 heterocycles. The van der Waals surface area contributed by atoms with Crippen LogP contribution in [0.4, 0.5) is 0 Å². The lowest BCUT2D eigenvalue weighted by Crippen LogP contribution is -2.39. The fraction of sp³-hybridized carbons (Fsp3) is 0.364. The zero-order valence-electron chi connectivity index (χ0n) is 29.4. The monoisotopic (exact) mass is 671 g/mol. The number of nitrogens with one attached hydrogen (secondary N) is 1. The summed E-state index contributed by atoms with van der Waals surface area (Å²) in [6.07, 6.45) is 10.2. The number of allylic oxidation sites excluding steroid dienone is 2. The first kappa shape index (κ1) is 36.8. The lowest BCUT2D eigenvalue weighted by Gasteiger charge is -2.21. The summed E-state index contributed by atoms with van der Waals surface area (Å²) in [4.78, 5) is 26.3. The second-order valence-electron chi connectivity index (χ2n) is 14.1. The van der Waals surface area contributed by atoms with Crippen LogP contribution in [0.5, 0.6) is 0 Å². The number of aryl methyl sites for hydroxylation is 2. The van der Waals surface area contributed by atoms with Crippen LogP contribution < -0.4 is 11.1 Å². The van der Waals surface area contributed by atoms with Crippen LogP contribution in [0.25, 0.3) is 0 Å². The molecule has 0 radical (unpaired) electrons. The van der Waals surface area contributed by atoms with E-state index in [1.165, 1.54) is 30.4 Å². The SMILES string of the molecule is CN(Cc1ccccc1)Cc1ccccc1.NC(=O)[C@H](Cc1ccccc1)C[C@H](O)CNC(=O)C1C[C@@H]2C=C[C@H]1C2.c1ccc2c(c1)CCC2. The van der Waals surface area contributed by atoms with Gasteiger partial charge in [0.25, 0.3) is 0 Å². The lowest BCUT2D eigenvalue weighted by atomic mass is 9.92. The smallest absolute Gasteiger partial charge is 0.223 e. The number of hydrogen-bond donors (Lipinski definition) is 3. The Labute approximate surface area is 298 Å². The van der Waals surface area contributed by atoms with Crippen LogP contribution in [0.15, 0.2) is 127 Å². The number of fused-ring (bicyclic) bond motifs is 3. The number of carbonyl (C=O) groups excluding carboxylic acids is 2. The molecule has 3 aliphatic rings. The van der Waals surface area contributed by atoms with Gasteiger partial charge in [0.15, 0.2) is 0 Å². The molecular formula is C44H53N3O3. The molecule has 6 heteroatoms. The second kappa shape index (κ2) is 19.0. The average Bonchev–Trinajstić information content (AvgIpc) is 3.91. The summed E-state index contributed by atoms with van der Waals surface area (Å²) in [6.45, 7) is 2.15. The Hall–Kier alpha value is -4.52. The van der Waals surface area contributed by atoms with Crippen LogP contribution in [0.2, 0.25) is 0 Å². The van der Waals surface area contributed by atoms with E-state index in [2.05, 4.69) is 114 Å². The number of benzene rings is 4. The molecule has 5 atom stereocenters. The van der Waals surface area contributed by atoms with Crippen LogP contribution in [-0.2, 0) is 41.9 Å². The highest BCUT2D eigenvalue weighted by Crippen LogP contribution is 2.43. The molecular weight excluding hydrogens is 619 g/mol. The van der Waals surface area contributed by atoms with Crippen LogP contribution in [-0.4, -0.2) is 41.5 Å². The molecule has 6 nitrogen and oxygen atoms in total. The molecule has 1 fully saturated rings. The van der Waals surface area contributed by atoms with E-state index in [1.54, 1.807) is 11.1 Å². The highest BCUT2D eigenvalue weighted by atomic mass is 16.3. The summed E-state index contributed by atoms with van der Waals surface area (Å²) in [5, 5.41) is 13.1. The van der Waals surface area contributed by atoms with Crippen molar-refractivity contribution < 1.29 is 14.7 Å². The van der Waals surface area contributed by atoms with Crippen molar-refractivity contribution in [2.45, 2.75) is 64.1 Å². The molecule has 262 valence electrons. The van der Waals surface area contributed by atoms with Crippen molar-refractivity contribution in [3.63, 3.8) is 0 Å². The highest BCUT2D eigenvalue weighted by molar-refractivity contribution is 5.80. The zero-order valence-corrected chi connectivity index (χ0v) is 29.4. The summed E-state index contributed by atoms with van der Waals surface area (Å²) in [5.74, 6) is 0.0506. The first-order valence-corrected chi connectivity index (χ1v) is 18.1. The molecule has 0 saturated heterocycles. The van der Waals surface area contributed by atoms with Gasteiger partial charge in [-0.1, -0.05) is 127 Å². The maximum Gasteiger partial charge on any atom is 0.223 e. The van der Waals surface area contributed by atoms with Gasteiger partial charge in [-0.15, -0.1) is 0 Å². The third-order valence-corrected chi connectivity index (χ3v) is 10.0. The summed E-state index contributed by atoms with van der Waals surface area (Å²) in [7, 11) is 2.15. The molecule has 3 aliphatic carbocycles. The molecule has 50 heavy (non-hydrogen) atoms. The molecule has 0 aliphatic heterocycles. The molecule has 1 saturated carbocycles. The number of aliphatic hydroxyl groups is 1. The number of carbonyl (C=O) groups is 2. The van der Waals surface area contributed by atoms with Gasteiger partial charge in [0.2, 0.25) is 11.8 Å². The summed E-state index contributed by atoms with van der Waals surface area (Å²) >= 11 is 0. The fourth-order valence-electron chi connectivity index (χ4n) is 7.40. The standard InChI is InChI=1S/C20H26N2O3.C15H17N.C9H10/c21-19(24)16(8-13-4-2-1-3-5-13)11-17(23)12-22-20(25)18-10-14-6-7-15(18)9-14;1-16(12-14-8-4-2-5-9-14)13-15-10-6-3-7-11-15;1-2-5-9-7-3-6-8(9)4-1/h1-7,14-18,23H,8-12H2,(H2,21,24)(H,22,25);2-11H,12-13H2,1H3;1-2,4-5H,3,6-7H2/t14-,15+,16-,17+,18?;;/m1../s1. The highest BCUT2D eigenvalue weighted by Gasteiger charge is 2.39. The predicted molar refractivity (Wildman–Crippen MR) is 202 cm³/mol. The summed E-state index contributed by atoms with van der Waals surface area (Å²) < 4.78 is 0. The number of aliphatic hydroxyl groups excluding tert-OH is 1. The largest absolute Gasteiger partial charge is 0.391 e. The Morgan fingerprint density at radius 1 is 0.760 bits per heavy atom. The maximum absolute atomic E-state index is 12.3. The van der Waals surface area contributed by atoms with E-state index in [9.17, 15) is 14.7 Å². The third kappa shape index (κ3) is 11.5. The number of amides is 2. The van der Waals surface area contributed by atoms with Gasteiger partial charge in [-0.05, 0) is 91.6 Å². The van der Waals surface area contributed by atoms with Gasteiger partial charge < -0.3 is 16.2 Å². The zero-order chi connectivity index (χ0) is 35.1. The van der Waals surface area contributed by atoms with Crippen molar-refractivity contribution in [3.05, 3.63) is 155 Å².